The summed E-state index contributed by atoms with van der Waals surface area (Å²) in [5.74, 6) is 4.81. The van der Waals surface area contributed by atoms with E-state index in [1.165, 1.54) is 0 Å². The molecule has 0 unspecified atom stereocenters. The molecule has 0 spiro atoms. The molecule has 110 valence electrons. The lowest BCUT2D eigenvalue weighted by molar-refractivity contribution is -0.121. The van der Waals surface area contributed by atoms with E-state index < -0.39 is 0 Å². The van der Waals surface area contributed by atoms with Crippen molar-refractivity contribution in [3.8, 4) is 0 Å². The lowest BCUT2D eigenvalue weighted by atomic mass is 10.1. The number of benzene rings is 1. The number of rotatable bonds is 4. The first-order valence-electron chi connectivity index (χ1n) is 6.39. The maximum Gasteiger partial charge on any atom is 0.253 e. The van der Waals surface area contributed by atoms with Crippen LogP contribution in [0.2, 0.25) is 0 Å². The third-order valence-electron chi connectivity index (χ3n) is 2.50. The van der Waals surface area contributed by atoms with Crippen molar-refractivity contribution in [2.75, 3.05) is 12.0 Å². The van der Waals surface area contributed by atoms with Gasteiger partial charge in [-0.25, -0.2) is 0 Å². The number of carbonyl (C=O) groups is 2. The van der Waals surface area contributed by atoms with Crippen molar-refractivity contribution in [1.82, 2.24) is 10.6 Å². The van der Waals surface area contributed by atoms with Gasteiger partial charge in [0, 0.05) is 5.54 Å². The highest BCUT2D eigenvalue weighted by atomic mass is 16.2. The number of anilines is 1. The number of nitrogen functional groups attached to an aromatic ring is 1. The van der Waals surface area contributed by atoms with Gasteiger partial charge in [-0.15, -0.1) is 0 Å². The molecule has 0 aliphatic rings. The van der Waals surface area contributed by atoms with Crippen molar-refractivity contribution in [3.63, 3.8) is 0 Å². The third-order valence-corrected chi connectivity index (χ3v) is 2.50. The van der Waals surface area contributed by atoms with Crippen LogP contribution in [0.1, 0.15) is 36.7 Å². The van der Waals surface area contributed by atoms with Gasteiger partial charge in [-0.3, -0.25) is 15.4 Å². The Morgan fingerprint density at radius 1 is 1.25 bits per heavy atom. The molecule has 2 amide bonds. The molecule has 0 fully saturated rings. The number of carbonyl (C=O) groups excluding carboxylic acids is 2. The number of nitrogens with one attached hydrogen (secondary N) is 3. The predicted octanol–water partition coefficient (Wildman–Crippen LogP) is 0.925. The second-order valence-electron chi connectivity index (χ2n) is 5.67. The van der Waals surface area contributed by atoms with Crippen molar-refractivity contribution >= 4 is 17.5 Å². The Morgan fingerprint density at radius 2 is 1.90 bits per heavy atom. The van der Waals surface area contributed by atoms with Crippen LogP contribution < -0.4 is 21.9 Å². The summed E-state index contributed by atoms with van der Waals surface area (Å²) in [5, 5.41) is 5.34. The highest BCUT2D eigenvalue weighted by Crippen LogP contribution is 2.16. The molecule has 1 aromatic carbocycles. The van der Waals surface area contributed by atoms with Gasteiger partial charge in [0.15, 0.2) is 0 Å². The summed E-state index contributed by atoms with van der Waals surface area (Å²) >= 11 is 0. The molecule has 5 N–H and O–H groups in total. The molecule has 0 radical (unpaired) electrons. The van der Waals surface area contributed by atoms with Gasteiger partial charge in [-0.05, 0) is 45.4 Å². The van der Waals surface area contributed by atoms with Crippen LogP contribution in [0.15, 0.2) is 18.2 Å². The maximum atomic E-state index is 12.0. The molecule has 0 bridgehead atoms. The summed E-state index contributed by atoms with van der Waals surface area (Å²) in [7, 11) is 0. The van der Waals surface area contributed by atoms with E-state index in [4.69, 9.17) is 5.84 Å². The van der Waals surface area contributed by atoms with Gasteiger partial charge in [0.1, 0.15) is 0 Å². The Labute approximate surface area is 119 Å². The standard InChI is InChI=1S/C14H22N4O2/c1-9-5-6-10(11(7-9)18-15)13(20)16-8-12(19)17-14(2,3)4/h5-7,18H,8,15H2,1-4H3,(H,16,20)(H,17,19). The van der Waals surface area contributed by atoms with Crippen molar-refractivity contribution in [3.05, 3.63) is 29.3 Å². The predicted molar refractivity (Wildman–Crippen MR) is 79.2 cm³/mol. The minimum absolute atomic E-state index is 0.0754. The van der Waals surface area contributed by atoms with Crippen LogP contribution in [-0.4, -0.2) is 23.9 Å². The fourth-order valence-electron chi connectivity index (χ4n) is 1.69. The van der Waals surface area contributed by atoms with Gasteiger partial charge in [0.05, 0.1) is 17.8 Å². The Morgan fingerprint density at radius 3 is 2.45 bits per heavy atom. The number of hydrazine groups is 1. The van der Waals surface area contributed by atoms with Gasteiger partial charge >= 0.3 is 0 Å². The molecule has 0 saturated carbocycles. The fraction of sp³-hybridized carbons (Fsp3) is 0.429. The van der Waals surface area contributed by atoms with Crippen LogP contribution >= 0.6 is 0 Å². The first-order valence-corrected chi connectivity index (χ1v) is 6.39. The molecule has 20 heavy (non-hydrogen) atoms. The van der Waals surface area contributed by atoms with Gasteiger partial charge in [-0.2, -0.15) is 0 Å². The van der Waals surface area contributed by atoms with Gasteiger partial charge in [0.25, 0.3) is 5.91 Å². The van der Waals surface area contributed by atoms with E-state index in [0.29, 0.717) is 11.3 Å². The molecule has 1 aromatic rings. The largest absolute Gasteiger partial charge is 0.350 e. The normalized spacial score (nSPS) is 10.8. The first kappa shape index (κ1) is 16.0. The molecule has 1 rings (SSSR count). The average Bonchev–Trinajstić information content (AvgIpc) is 2.33. The quantitative estimate of drug-likeness (QED) is 0.486. The minimum Gasteiger partial charge on any atom is -0.350 e. The summed E-state index contributed by atoms with van der Waals surface area (Å²) < 4.78 is 0. The molecule has 0 saturated heterocycles. The van der Waals surface area contributed by atoms with Crippen molar-refractivity contribution in [1.29, 1.82) is 0 Å². The van der Waals surface area contributed by atoms with E-state index in [0.717, 1.165) is 5.56 Å². The Balaban J connectivity index is 2.66. The fourth-order valence-corrected chi connectivity index (χ4v) is 1.69. The molecule has 0 atom stereocenters. The molecule has 0 aromatic heterocycles. The number of amides is 2. The number of aryl methyl sites for hydroxylation is 1. The second-order valence-corrected chi connectivity index (χ2v) is 5.67. The van der Waals surface area contributed by atoms with E-state index in [1.807, 2.05) is 33.8 Å². The molecular formula is C14H22N4O2. The Kier molecular flexibility index (Phi) is 5.10. The number of hydrogen-bond donors (Lipinski definition) is 4. The lowest BCUT2D eigenvalue weighted by Gasteiger charge is -2.20. The topological polar surface area (TPSA) is 96.2 Å². The van der Waals surface area contributed by atoms with E-state index in [2.05, 4.69) is 16.1 Å². The Bertz CT molecular complexity index is 506. The molecule has 6 nitrogen and oxygen atoms in total. The SMILES string of the molecule is Cc1ccc(C(=O)NCC(=O)NC(C)(C)C)c(NN)c1. The van der Waals surface area contributed by atoms with Crippen LogP contribution in [0.4, 0.5) is 5.69 Å². The summed E-state index contributed by atoms with van der Waals surface area (Å²) in [6.45, 7) is 7.46. The third kappa shape index (κ3) is 4.89. The van der Waals surface area contributed by atoms with E-state index in [-0.39, 0.29) is 23.9 Å². The summed E-state index contributed by atoms with van der Waals surface area (Å²) in [6, 6.07) is 5.25. The van der Waals surface area contributed by atoms with Crippen molar-refractivity contribution in [2.24, 2.45) is 5.84 Å². The van der Waals surface area contributed by atoms with Crippen LogP contribution in [0.5, 0.6) is 0 Å². The maximum absolute atomic E-state index is 12.0. The molecule has 6 heteroatoms. The summed E-state index contributed by atoms with van der Waals surface area (Å²) in [6.07, 6.45) is 0. The van der Waals surface area contributed by atoms with Gasteiger partial charge < -0.3 is 16.1 Å². The number of nitrogens with two attached hydrogens (primary N) is 1. The molecule has 0 aliphatic heterocycles. The first-order chi connectivity index (χ1) is 9.23. The van der Waals surface area contributed by atoms with Crippen molar-refractivity contribution in [2.45, 2.75) is 33.2 Å². The van der Waals surface area contributed by atoms with Crippen LogP contribution in [0.3, 0.4) is 0 Å². The van der Waals surface area contributed by atoms with Gasteiger partial charge in [0.2, 0.25) is 5.91 Å². The van der Waals surface area contributed by atoms with Crippen molar-refractivity contribution < 1.29 is 9.59 Å². The van der Waals surface area contributed by atoms with Crippen LogP contribution in [-0.2, 0) is 4.79 Å². The number of hydrogen-bond acceptors (Lipinski definition) is 4. The highest BCUT2D eigenvalue weighted by Gasteiger charge is 2.16. The average molecular weight is 278 g/mol. The summed E-state index contributed by atoms with van der Waals surface area (Å²) in [5.41, 5.74) is 4.08. The smallest absolute Gasteiger partial charge is 0.253 e. The summed E-state index contributed by atoms with van der Waals surface area (Å²) in [4.78, 5) is 23.7. The van der Waals surface area contributed by atoms with E-state index in [9.17, 15) is 9.59 Å². The highest BCUT2D eigenvalue weighted by molar-refractivity contribution is 6.01. The van der Waals surface area contributed by atoms with Crippen LogP contribution in [0.25, 0.3) is 0 Å². The molecule has 0 aliphatic carbocycles. The van der Waals surface area contributed by atoms with Gasteiger partial charge in [-0.1, -0.05) is 6.07 Å². The van der Waals surface area contributed by atoms with E-state index in [1.54, 1.807) is 12.1 Å². The molecule has 0 heterocycles. The Hall–Kier alpha value is -2.08. The monoisotopic (exact) mass is 278 g/mol. The zero-order chi connectivity index (χ0) is 15.3. The molecular weight excluding hydrogens is 256 g/mol. The minimum atomic E-state index is -0.345. The van der Waals surface area contributed by atoms with E-state index >= 15 is 0 Å². The lowest BCUT2D eigenvalue weighted by Crippen LogP contribution is -2.45. The van der Waals surface area contributed by atoms with Crippen LogP contribution in [0, 0.1) is 6.92 Å². The zero-order valence-electron chi connectivity index (χ0n) is 12.3. The zero-order valence-corrected chi connectivity index (χ0v) is 12.3. The second kappa shape index (κ2) is 6.38.